The predicted molar refractivity (Wildman–Crippen MR) is 52.3 cm³/mol. The molecule has 0 spiro atoms. The van der Waals surface area contributed by atoms with E-state index in [0.717, 1.165) is 25.9 Å². The van der Waals surface area contributed by atoms with E-state index in [-0.39, 0.29) is 11.9 Å². The molecule has 1 atom stereocenters. The molecule has 1 amide bonds. The maximum absolute atomic E-state index is 11.6. The van der Waals surface area contributed by atoms with Crippen LogP contribution < -0.4 is 11.1 Å². The summed E-state index contributed by atoms with van der Waals surface area (Å²) in [6.07, 6.45) is 2.84. The molecule has 1 heterocycles. The first-order chi connectivity index (χ1) is 6.27. The van der Waals surface area contributed by atoms with E-state index < -0.39 is 0 Å². The fourth-order valence-corrected chi connectivity index (χ4v) is 1.61. The lowest BCUT2D eigenvalue weighted by atomic mass is 10.2. The van der Waals surface area contributed by atoms with Gasteiger partial charge in [0.25, 0.3) is 0 Å². The van der Waals surface area contributed by atoms with Crippen molar-refractivity contribution in [2.24, 2.45) is 5.73 Å². The summed E-state index contributed by atoms with van der Waals surface area (Å²) in [5.74, 6) is 0.238. The van der Waals surface area contributed by atoms with Gasteiger partial charge in [-0.05, 0) is 19.9 Å². The summed E-state index contributed by atoms with van der Waals surface area (Å²) in [6, 6.07) is 0.133. The number of nitrogens with two attached hydrogens (primary N) is 1. The zero-order chi connectivity index (χ0) is 9.68. The Morgan fingerprint density at radius 3 is 2.62 bits per heavy atom. The minimum Gasteiger partial charge on any atom is -0.343 e. The van der Waals surface area contributed by atoms with Crippen molar-refractivity contribution in [2.45, 2.75) is 25.3 Å². The summed E-state index contributed by atoms with van der Waals surface area (Å²) < 4.78 is 0. The SMILES string of the molecule is CNC(CN)CC(=O)N1CCCC1. The minimum absolute atomic E-state index is 0.133. The molecule has 13 heavy (non-hydrogen) atoms. The molecule has 1 fully saturated rings. The highest BCUT2D eigenvalue weighted by Crippen LogP contribution is 2.09. The Bertz CT molecular complexity index is 162. The molecule has 4 heteroatoms. The lowest BCUT2D eigenvalue weighted by Gasteiger charge is -2.19. The summed E-state index contributed by atoms with van der Waals surface area (Å²) in [6.45, 7) is 2.38. The fourth-order valence-electron chi connectivity index (χ4n) is 1.61. The molecule has 0 aromatic heterocycles. The Kier molecular flexibility index (Phi) is 4.18. The Labute approximate surface area is 79.5 Å². The molecule has 1 aliphatic heterocycles. The summed E-state index contributed by atoms with van der Waals surface area (Å²) in [5, 5.41) is 3.03. The molecule has 0 aliphatic carbocycles. The first-order valence-electron chi connectivity index (χ1n) is 4.93. The van der Waals surface area contributed by atoms with Crippen LogP contribution in [-0.4, -0.2) is 43.5 Å². The molecule has 0 aromatic carbocycles. The standard InChI is InChI=1S/C9H19N3O/c1-11-8(7-10)6-9(13)12-4-2-3-5-12/h8,11H,2-7,10H2,1H3. The van der Waals surface area contributed by atoms with Gasteiger partial charge in [-0.1, -0.05) is 0 Å². The van der Waals surface area contributed by atoms with E-state index in [1.807, 2.05) is 11.9 Å². The van der Waals surface area contributed by atoms with Crippen molar-refractivity contribution in [1.82, 2.24) is 10.2 Å². The number of likely N-dealkylation sites (N-methyl/N-ethyl adjacent to an activating group) is 1. The van der Waals surface area contributed by atoms with Gasteiger partial charge in [0, 0.05) is 32.1 Å². The second-order valence-corrected chi connectivity index (χ2v) is 3.51. The summed E-state index contributed by atoms with van der Waals surface area (Å²) >= 11 is 0. The minimum atomic E-state index is 0.133. The summed E-state index contributed by atoms with van der Waals surface area (Å²) in [5.41, 5.74) is 5.50. The molecule has 0 radical (unpaired) electrons. The monoisotopic (exact) mass is 185 g/mol. The number of nitrogens with one attached hydrogen (secondary N) is 1. The van der Waals surface area contributed by atoms with Gasteiger partial charge in [0.15, 0.2) is 0 Å². The quantitative estimate of drug-likeness (QED) is 0.623. The molecule has 1 rings (SSSR count). The van der Waals surface area contributed by atoms with Gasteiger partial charge in [0.2, 0.25) is 5.91 Å². The fraction of sp³-hybridized carbons (Fsp3) is 0.889. The molecule has 1 unspecified atom stereocenters. The lowest BCUT2D eigenvalue weighted by Crippen LogP contribution is -2.39. The molecular weight excluding hydrogens is 166 g/mol. The van der Waals surface area contributed by atoms with Crippen molar-refractivity contribution in [2.75, 3.05) is 26.7 Å². The van der Waals surface area contributed by atoms with E-state index in [1.165, 1.54) is 0 Å². The second-order valence-electron chi connectivity index (χ2n) is 3.51. The number of nitrogens with zero attached hydrogens (tertiary/aromatic N) is 1. The van der Waals surface area contributed by atoms with Crippen molar-refractivity contribution < 1.29 is 4.79 Å². The molecular formula is C9H19N3O. The Balaban J connectivity index is 2.30. The van der Waals surface area contributed by atoms with Gasteiger partial charge in [0.05, 0.1) is 0 Å². The molecule has 1 aliphatic rings. The maximum atomic E-state index is 11.6. The van der Waals surface area contributed by atoms with Crippen LogP contribution >= 0.6 is 0 Å². The Hall–Kier alpha value is -0.610. The van der Waals surface area contributed by atoms with Crippen LogP contribution in [0.15, 0.2) is 0 Å². The molecule has 0 bridgehead atoms. The number of rotatable bonds is 4. The van der Waals surface area contributed by atoms with E-state index in [4.69, 9.17) is 5.73 Å². The average Bonchev–Trinajstić information content (AvgIpc) is 2.66. The molecule has 3 N–H and O–H groups in total. The second kappa shape index (κ2) is 5.19. The third kappa shape index (κ3) is 2.97. The number of hydrogen-bond acceptors (Lipinski definition) is 3. The van der Waals surface area contributed by atoms with E-state index >= 15 is 0 Å². The first kappa shape index (κ1) is 10.5. The smallest absolute Gasteiger partial charge is 0.224 e. The highest BCUT2D eigenvalue weighted by atomic mass is 16.2. The zero-order valence-corrected chi connectivity index (χ0v) is 8.25. The van der Waals surface area contributed by atoms with Crippen molar-refractivity contribution >= 4 is 5.91 Å². The highest BCUT2D eigenvalue weighted by molar-refractivity contribution is 5.77. The third-order valence-electron chi connectivity index (χ3n) is 2.57. The number of carbonyl (C=O) groups excluding carboxylic acids is 1. The van der Waals surface area contributed by atoms with Crippen molar-refractivity contribution in [3.05, 3.63) is 0 Å². The van der Waals surface area contributed by atoms with Gasteiger partial charge in [-0.3, -0.25) is 4.79 Å². The third-order valence-corrected chi connectivity index (χ3v) is 2.57. The molecule has 0 aromatic rings. The van der Waals surface area contributed by atoms with Crippen molar-refractivity contribution in [3.63, 3.8) is 0 Å². The number of likely N-dealkylation sites (tertiary alicyclic amines) is 1. The number of hydrogen-bond donors (Lipinski definition) is 2. The molecule has 1 saturated heterocycles. The van der Waals surface area contributed by atoms with Crippen molar-refractivity contribution in [3.8, 4) is 0 Å². The number of amides is 1. The van der Waals surface area contributed by atoms with Crippen LogP contribution in [0.25, 0.3) is 0 Å². The van der Waals surface area contributed by atoms with Gasteiger partial charge in [0.1, 0.15) is 0 Å². The molecule has 4 nitrogen and oxygen atoms in total. The van der Waals surface area contributed by atoms with Gasteiger partial charge in [-0.25, -0.2) is 0 Å². The first-order valence-corrected chi connectivity index (χ1v) is 4.93. The normalized spacial score (nSPS) is 19.1. The van der Waals surface area contributed by atoms with Crippen LogP contribution in [0.1, 0.15) is 19.3 Å². The largest absolute Gasteiger partial charge is 0.343 e. The Morgan fingerprint density at radius 2 is 2.15 bits per heavy atom. The highest BCUT2D eigenvalue weighted by Gasteiger charge is 2.19. The van der Waals surface area contributed by atoms with Gasteiger partial charge in [-0.15, -0.1) is 0 Å². The van der Waals surface area contributed by atoms with Crippen molar-refractivity contribution in [1.29, 1.82) is 0 Å². The molecule has 76 valence electrons. The van der Waals surface area contributed by atoms with Crippen LogP contribution in [0.5, 0.6) is 0 Å². The lowest BCUT2D eigenvalue weighted by molar-refractivity contribution is -0.130. The zero-order valence-electron chi connectivity index (χ0n) is 8.25. The number of carbonyl (C=O) groups is 1. The van der Waals surface area contributed by atoms with E-state index in [0.29, 0.717) is 13.0 Å². The van der Waals surface area contributed by atoms with Crippen LogP contribution in [0.2, 0.25) is 0 Å². The topological polar surface area (TPSA) is 58.4 Å². The van der Waals surface area contributed by atoms with E-state index in [1.54, 1.807) is 0 Å². The summed E-state index contributed by atoms with van der Waals surface area (Å²) in [7, 11) is 1.84. The van der Waals surface area contributed by atoms with E-state index in [2.05, 4.69) is 5.32 Å². The average molecular weight is 185 g/mol. The maximum Gasteiger partial charge on any atom is 0.224 e. The molecule has 0 saturated carbocycles. The Morgan fingerprint density at radius 1 is 1.54 bits per heavy atom. The van der Waals surface area contributed by atoms with Crippen LogP contribution in [0.4, 0.5) is 0 Å². The summed E-state index contributed by atoms with van der Waals surface area (Å²) in [4.78, 5) is 13.5. The van der Waals surface area contributed by atoms with Crippen LogP contribution in [0.3, 0.4) is 0 Å². The van der Waals surface area contributed by atoms with Gasteiger partial charge >= 0.3 is 0 Å². The predicted octanol–water partition coefficient (Wildman–Crippen LogP) is -0.454. The van der Waals surface area contributed by atoms with Gasteiger partial charge < -0.3 is 16.0 Å². The van der Waals surface area contributed by atoms with Gasteiger partial charge in [-0.2, -0.15) is 0 Å². The van der Waals surface area contributed by atoms with Crippen LogP contribution in [-0.2, 0) is 4.79 Å². The van der Waals surface area contributed by atoms with Crippen LogP contribution in [0, 0.1) is 0 Å². The van der Waals surface area contributed by atoms with E-state index in [9.17, 15) is 4.79 Å².